The Bertz CT molecular complexity index is 174. The van der Waals surface area contributed by atoms with E-state index in [1.807, 2.05) is 0 Å². The predicted molar refractivity (Wildman–Crippen MR) is 67.6 cm³/mol. The quantitative estimate of drug-likeness (QED) is 0.596. The minimum atomic E-state index is -0.306. The van der Waals surface area contributed by atoms with Gasteiger partial charge in [-0.3, -0.25) is 0 Å². The Hall–Kier alpha value is -0.160. The summed E-state index contributed by atoms with van der Waals surface area (Å²) in [5, 5.41) is 34.8. The van der Waals surface area contributed by atoms with E-state index in [4.69, 9.17) is 20.4 Å². The highest BCUT2D eigenvalue weighted by atomic mass is 16.3. The van der Waals surface area contributed by atoms with Gasteiger partial charge in [-0.25, -0.2) is 0 Å². The highest BCUT2D eigenvalue weighted by Gasteiger charge is 2.30. The van der Waals surface area contributed by atoms with Gasteiger partial charge in [-0.1, -0.05) is 33.1 Å². The third kappa shape index (κ3) is 6.36. The lowest BCUT2D eigenvalue weighted by molar-refractivity contribution is 0.0234. The topological polar surface area (TPSA) is 80.9 Å². The molecule has 0 atom stereocenters. The third-order valence-corrected chi connectivity index (χ3v) is 3.44. The number of aliphatic hydroxyl groups is 4. The van der Waals surface area contributed by atoms with Crippen molar-refractivity contribution in [3.63, 3.8) is 0 Å². The first kappa shape index (κ1) is 16.8. The van der Waals surface area contributed by atoms with Crippen molar-refractivity contribution >= 4 is 0 Å². The molecule has 1 aliphatic rings. The molecule has 4 heteroatoms. The molecule has 0 radical (unpaired) electrons. The molecule has 0 spiro atoms. The Balaban J connectivity index is 0.000000325. The van der Waals surface area contributed by atoms with Gasteiger partial charge in [0.15, 0.2) is 0 Å². The van der Waals surface area contributed by atoms with Gasteiger partial charge in [0.25, 0.3) is 0 Å². The fraction of sp³-hybridized carbons (Fsp3) is 1.00. The highest BCUT2D eigenvalue weighted by Crippen LogP contribution is 2.34. The molecular formula is C13H28O4. The van der Waals surface area contributed by atoms with Gasteiger partial charge < -0.3 is 20.4 Å². The maximum absolute atomic E-state index is 8.98. The van der Waals surface area contributed by atoms with E-state index in [1.165, 1.54) is 19.3 Å². The summed E-state index contributed by atoms with van der Waals surface area (Å²) in [6, 6.07) is 0. The maximum atomic E-state index is 8.98. The summed E-state index contributed by atoms with van der Waals surface area (Å²) in [6.07, 6.45) is 5.60. The highest BCUT2D eigenvalue weighted by molar-refractivity contribution is 4.81. The predicted octanol–water partition coefficient (Wildman–Crippen LogP) is 0.919. The molecule has 17 heavy (non-hydrogen) atoms. The van der Waals surface area contributed by atoms with Gasteiger partial charge in [0.2, 0.25) is 0 Å². The molecule has 4 nitrogen and oxygen atoms in total. The average Bonchev–Trinajstić information content (AvgIpc) is 2.40. The zero-order valence-electron chi connectivity index (χ0n) is 11.2. The summed E-state index contributed by atoms with van der Waals surface area (Å²) in [4.78, 5) is 0. The van der Waals surface area contributed by atoms with Crippen molar-refractivity contribution in [3.05, 3.63) is 0 Å². The lowest BCUT2D eigenvalue weighted by atomic mass is 9.75. The van der Waals surface area contributed by atoms with Gasteiger partial charge in [0.1, 0.15) is 0 Å². The summed E-state index contributed by atoms with van der Waals surface area (Å²) in [7, 11) is 0. The van der Waals surface area contributed by atoms with Crippen LogP contribution in [0.25, 0.3) is 0 Å². The van der Waals surface area contributed by atoms with Crippen LogP contribution in [0.1, 0.15) is 46.0 Å². The minimum Gasteiger partial charge on any atom is -0.396 e. The normalized spacial score (nSPS) is 19.4. The molecule has 104 valence electrons. The van der Waals surface area contributed by atoms with Crippen LogP contribution in [0.2, 0.25) is 0 Å². The molecule has 0 bridgehead atoms. The second kappa shape index (κ2) is 8.03. The molecule has 1 fully saturated rings. The molecular weight excluding hydrogens is 220 g/mol. The summed E-state index contributed by atoms with van der Waals surface area (Å²) in [6.45, 7) is 4.00. The lowest BCUT2D eigenvalue weighted by Crippen LogP contribution is -2.31. The van der Waals surface area contributed by atoms with Crippen molar-refractivity contribution in [3.8, 4) is 0 Å². The van der Waals surface area contributed by atoms with Gasteiger partial charge >= 0.3 is 0 Å². The first-order chi connectivity index (χ1) is 7.95. The fourth-order valence-corrected chi connectivity index (χ4v) is 1.72. The maximum Gasteiger partial charge on any atom is 0.0509 e. The minimum absolute atomic E-state index is 0.0451. The van der Waals surface area contributed by atoms with Gasteiger partial charge in [-0.15, -0.1) is 0 Å². The van der Waals surface area contributed by atoms with Crippen LogP contribution in [0, 0.1) is 10.8 Å². The molecule has 0 aromatic carbocycles. The number of hydrogen-bond donors (Lipinski definition) is 4. The Morgan fingerprint density at radius 1 is 0.824 bits per heavy atom. The summed E-state index contributed by atoms with van der Waals surface area (Å²) < 4.78 is 0. The Kier molecular flexibility index (Phi) is 7.96. The molecule has 0 saturated heterocycles. The van der Waals surface area contributed by atoms with Gasteiger partial charge in [-0.05, 0) is 12.8 Å². The number of rotatable bonds is 4. The average molecular weight is 248 g/mol. The van der Waals surface area contributed by atoms with Crippen molar-refractivity contribution in [2.45, 2.75) is 46.0 Å². The number of hydrogen-bond acceptors (Lipinski definition) is 4. The van der Waals surface area contributed by atoms with E-state index < -0.39 is 0 Å². The summed E-state index contributed by atoms with van der Waals surface area (Å²) >= 11 is 0. The van der Waals surface area contributed by atoms with Crippen LogP contribution in [0.4, 0.5) is 0 Å². The van der Waals surface area contributed by atoms with Crippen LogP contribution >= 0.6 is 0 Å². The fourth-order valence-electron chi connectivity index (χ4n) is 1.72. The third-order valence-electron chi connectivity index (χ3n) is 3.44. The van der Waals surface area contributed by atoms with Crippen LogP contribution in [-0.4, -0.2) is 46.9 Å². The van der Waals surface area contributed by atoms with Crippen molar-refractivity contribution in [2.75, 3.05) is 26.4 Å². The van der Waals surface area contributed by atoms with Gasteiger partial charge in [0.05, 0.1) is 26.4 Å². The van der Waals surface area contributed by atoms with E-state index >= 15 is 0 Å². The summed E-state index contributed by atoms with van der Waals surface area (Å²) in [5.74, 6) is 0. The molecule has 0 unspecified atom stereocenters. The van der Waals surface area contributed by atoms with E-state index in [9.17, 15) is 0 Å². The molecule has 1 aliphatic carbocycles. The first-order valence-corrected chi connectivity index (χ1v) is 6.39. The SMILES string of the molecule is CC(C)(CO)CO.OCC1(CO)CCCCC1. The van der Waals surface area contributed by atoms with Crippen molar-refractivity contribution in [1.29, 1.82) is 0 Å². The summed E-state index contributed by atoms with van der Waals surface area (Å²) in [5.41, 5.74) is -0.432. The van der Waals surface area contributed by atoms with Crippen molar-refractivity contribution in [1.82, 2.24) is 0 Å². The van der Waals surface area contributed by atoms with Crippen LogP contribution in [-0.2, 0) is 0 Å². The second-order valence-electron chi connectivity index (χ2n) is 5.86. The first-order valence-electron chi connectivity index (χ1n) is 6.39. The molecule has 1 saturated carbocycles. The molecule has 4 N–H and O–H groups in total. The zero-order chi connectivity index (χ0) is 13.4. The Morgan fingerprint density at radius 2 is 1.24 bits per heavy atom. The number of aliphatic hydroxyl groups excluding tert-OH is 4. The van der Waals surface area contributed by atoms with E-state index in [2.05, 4.69) is 0 Å². The second-order valence-corrected chi connectivity index (χ2v) is 5.86. The van der Waals surface area contributed by atoms with Gasteiger partial charge in [-0.2, -0.15) is 0 Å². The smallest absolute Gasteiger partial charge is 0.0509 e. The van der Waals surface area contributed by atoms with Gasteiger partial charge in [0, 0.05) is 10.8 Å². The van der Waals surface area contributed by atoms with Crippen LogP contribution in [0.3, 0.4) is 0 Å². The Labute approximate surface area is 104 Å². The monoisotopic (exact) mass is 248 g/mol. The lowest BCUT2D eigenvalue weighted by Gasteiger charge is -2.33. The van der Waals surface area contributed by atoms with Crippen molar-refractivity contribution in [2.24, 2.45) is 10.8 Å². The van der Waals surface area contributed by atoms with E-state index in [0.29, 0.717) is 0 Å². The van der Waals surface area contributed by atoms with Crippen molar-refractivity contribution < 1.29 is 20.4 Å². The van der Waals surface area contributed by atoms with E-state index in [1.54, 1.807) is 13.8 Å². The molecule has 0 amide bonds. The molecule has 1 rings (SSSR count). The van der Waals surface area contributed by atoms with Crippen LogP contribution in [0.5, 0.6) is 0 Å². The van der Waals surface area contributed by atoms with E-state index in [-0.39, 0.29) is 37.3 Å². The molecule has 0 aliphatic heterocycles. The molecule has 0 heterocycles. The standard InChI is InChI=1S/C8H16O2.C5H12O2/c9-6-8(7-10)4-2-1-3-5-8;1-5(2,3-6)4-7/h9-10H,1-7H2;6-7H,3-4H2,1-2H3. The van der Waals surface area contributed by atoms with Crippen LogP contribution < -0.4 is 0 Å². The van der Waals surface area contributed by atoms with Crippen LogP contribution in [0.15, 0.2) is 0 Å². The molecule has 0 aromatic rings. The molecule has 0 aromatic heterocycles. The largest absolute Gasteiger partial charge is 0.396 e. The Morgan fingerprint density at radius 3 is 1.41 bits per heavy atom. The zero-order valence-corrected chi connectivity index (χ0v) is 11.2. The van der Waals surface area contributed by atoms with E-state index in [0.717, 1.165) is 12.8 Å².